The van der Waals surface area contributed by atoms with Crippen LogP contribution in [0.4, 0.5) is 0 Å². The first kappa shape index (κ1) is 19.8. The molecular formula is C17H14Cl3N5OS. The molecule has 0 aliphatic rings. The van der Waals surface area contributed by atoms with E-state index in [0.717, 1.165) is 5.56 Å². The molecule has 3 aromatic rings. The molecule has 3 N–H and O–H groups in total. The second-order valence-corrected chi connectivity index (χ2v) is 7.71. The van der Waals surface area contributed by atoms with Crippen LogP contribution in [0.3, 0.4) is 0 Å². The second-order valence-electron chi connectivity index (χ2n) is 5.49. The Labute approximate surface area is 175 Å². The van der Waals surface area contributed by atoms with Gasteiger partial charge in [-0.3, -0.25) is 4.79 Å². The first-order valence-corrected chi connectivity index (χ1v) is 9.86. The van der Waals surface area contributed by atoms with E-state index in [2.05, 4.69) is 15.5 Å². The van der Waals surface area contributed by atoms with E-state index >= 15 is 0 Å². The average Bonchev–Trinajstić information content (AvgIpc) is 3.00. The Balaban J connectivity index is 1.59. The molecule has 1 heterocycles. The predicted octanol–water partition coefficient (Wildman–Crippen LogP) is 4.03. The molecule has 0 radical (unpaired) electrons. The highest BCUT2D eigenvalue weighted by molar-refractivity contribution is 7.99. The number of amides is 1. The minimum Gasteiger partial charge on any atom is -0.351 e. The number of carbonyl (C=O) groups excluding carboxylic acids is 1. The number of nitrogen functional groups attached to an aromatic ring is 1. The number of hydrogen-bond donors (Lipinski definition) is 2. The molecule has 6 nitrogen and oxygen atoms in total. The highest BCUT2D eigenvalue weighted by atomic mass is 35.5. The minimum atomic E-state index is -0.149. The van der Waals surface area contributed by atoms with E-state index in [1.807, 2.05) is 12.1 Å². The molecule has 1 aromatic heterocycles. The third kappa shape index (κ3) is 5.07. The first-order chi connectivity index (χ1) is 12.9. The average molecular weight is 443 g/mol. The third-order valence-electron chi connectivity index (χ3n) is 3.57. The highest BCUT2D eigenvalue weighted by Gasteiger charge is 2.16. The van der Waals surface area contributed by atoms with E-state index in [4.69, 9.17) is 40.6 Å². The Morgan fingerprint density at radius 3 is 2.48 bits per heavy atom. The summed E-state index contributed by atoms with van der Waals surface area (Å²) in [5, 5.41) is 12.9. The summed E-state index contributed by atoms with van der Waals surface area (Å²) in [6.07, 6.45) is 0. The Morgan fingerprint density at radius 2 is 1.78 bits per heavy atom. The zero-order chi connectivity index (χ0) is 19.4. The van der Waals surface area contributed by atoms with Gasteiger partial charge in [0.1, 0.15) is 0 Å². The van der Waals surface area contributed by atoms with Gasteiger partial charge >= 0.3 is 0 Å². The van der Waals surface area contributed by atoms with Gasteiger partial charge in [0.15, 0.2) is 5.82 Å². The molecule has 1 amide bonds. The van der Waals surface area contributed by atoms with Gasteiger partial charge in [-0.15, -0.1) is 10.2 Å². The summed E-state index contributed by atoms with van der Waals surface area (Å²) in [4.78, 5) is 12.0. The van der Waals surface area contributed by atoms with Crippen LogP contribution in [0.15, 0.2) is 47.6 Å². The zero-order valence-corrected chi connectivity index (χ0v) is 16.9. The summed E-state index contributed by atoms with van der Waals surface area (Å²) in [6, 6.07) is 12.3. The van der Waals surface area contributed by atoms with Gasteiger partial charge < -0.3 is 11.2 Å². The second kappa shape index (κ2) is 8.84. The number of thioether (sulfide) groups is 1. The molecule has 0 unspecified atom stereocenters. The number of benzene rings is 2. The van der Waals surface area contributed by atoms with Gasteiger partial charge in [-0.2, -0.15) is 0 Å². The molecule has 0 bridgehead atoms. The number of aromatic nitrogens is 3. The molecule has 0 spiro atoms. The van der Waals surface area contributed by atoms with Crippen LogP contribution in [0, 0.1) is 0 Å². The van der Waals surface area contributed by atoms with Crippen molar-refractivity contribution < 1.29 is 4.79 Å². The number of nitrogens with zero attached hydrogens (tertiary/aromatic N) is 3. The van der Waals surface area contributed by atoms with Crippen molar-refractivity contribution in [2.45, 2.75) is 11.7 Å². The number of hydrogen-bond acceptors (Lipinski definition) is 5. The van der Waals surface area contributed by atoms with E-state index in [1.54, 1.807) is 30.3 Å². The van der Waals surface area contributed by atoms with Crippen molar-refractivity contribution in [3.8, 4) is 11.4 Å². The van der Waals surface area contributed by atoms with Crippen molar-refractivity contribution in [2.75, 3.05) is 11.6 Å². The normalized spacial score (nSPS) is 10.8. The lowest BCUT2D eigenvalue weighted by molar-refractivity contribution is -0.118. The van der Waals surface area contributed by atoms with Gasteiger partial charge in [-0.05, 0) is 35.9 Å². The molecule has 0 atom stereocenters. The molecular weight excluding hydrogens is 429 g/mol. The molecule has 2 aromatic carbocycles. The van der Waals surface area contributed by atoms with E-state index < -0.39 is 0 Å². The van der Waals surface area contributed by atoms with Crippen molar-refractivity contribution >= 4 is 52.5 Å². The Kier molecular flexibility index (Phi) is 6.49. The molecule has 0 saturated heterocycles. The maximum Gasteiger partial charge on any atom is 0.230 e. The standard InChI is InChI=1S/C17H14Cl3N5OS/c18-11-3-1-10(2-4-11)8-22-15(26)9-27-17-24-23-16(25(17)21)13-6-5-12(19)7-14(13)20/h1-7H,8-9,21H2,(H,22,26). The van der Waals surface area contributed by atoms with E-state index in [1.165, 1.54) is 16.4 Å². The fourth-order valence-corrected chi connectivity index (χ4v) is 3.52. The Hall–Kier alpha value is -1.93. The van der Waals surface area contributed by atoms with Gasteiger partial charge in [0.25, 0.3) is 0 Å². The van der Waals surface area contributed by atoms with Crippen LogP contribution >= 0.6 is 46.6 Å². The maximum atomic E-state index is 12.0. The van der Waals surface area contributed by atoms with Crippen molar-refractivity contribution in [3.63, 3.8) is 0 Å². The lowest BCUT2D eigenvalue weighted by Gasteiger charge is -2.07. The summed E-state index contributed by atoms with van der Waals surface area (Å²) >= 11 is 19.1. The van der Waals surface area contributed by atoms with Gasteiger partial charge in [0, 0.05) is 22.2 Å². The van der Waals surface area contributed by atoms with Gasteiger partial charge in [0.2, 0.25) is 11.1 Å². The SMILES string of the molecule is Nn1c(SCC(=O)NCc2ccc(Cl)cc2)nnc1-c1ccc(Cl)cc1Cl. The Morgan fingerprint density at radius 1 is 1.07 bits per heavy atom. The van der Waals surface area contributed by atoms with Gasteiger partial charge in [-0.1, -0.05) is 58.7 Å². The maximum absolute atomic E-state index is 12.0. The van der Waals surface area contributed by atoms with Gasteiger partial charge in [-0.25, -0.2) is 4.68 Å². The molecule has 0 saturated carbocycles. The number of nitrogens with two attached hydrogens (primary N) is 1. The molecule has 140 valence electrons. The number of halogens is 3. The lowest BCUT2D eigenvalue weighted by atomic mass is 10.2. The van der Waals surface area contributed by atoms with Crippen molar-refractivity contribution in [2.24, 2.45) is 0 Å². The van der Waals surface area contributed by atoms with Crippen LogP contribution < -0.4 is 11.2 Å². The largest absolute Gasteiger partial charge is 0.351 e. The zero-order valence-electron chi connectivity index (χ0n) is 13.8. The summed E-state index contributed by atoms with van der Waals surface area (Å²) < 4.78 is 1.30. The number of rotatable bonds is 6. The van der Waals surface area contributed by atoms with Crippen LogP contribution in [-0.4, -0.2) is 26.5 Å². The fraction of sp³-hybridized carbons (Fsp3) is 0.118. The monoisotopic (exact) mass is 441 g/mol. The quantitative estimate of drug-likeness (QED) is 0.445. The molecule has 3 rings (SSSR count). The van der Waals surface area contributed by atoms with Crippen molar-refractivity contribution in [1.82, 2.24) is 20.2 Å². The Bertz CT molecular complexity index is 962. The van der Waals surface area contributed by atoms with Crippen LogP contribution in [0.1, 0.15) is 5.56 Å². The molecule has 0 aliphatic carbocycles. The minimum absolute atomic E-state index is 0.149. The third-order valence-corrected chi connectivity index (χ3v) is 5.31. The van der Waals surface area contributed by atoms with Crippen LogP contribution in [0.2, 0.25) is 15.1 Å². The van der Waals surface area contributed by atoms with Crippen LogP contribution in [0.25, 0.3) is 11.4 Å². The summed E-state index contributed by atoms with van der Waals surface area (Å²) in [7, 11) is 0. The molecule has 27 heavy (non-hydrogen) atoms. The van der Waals surface area contributed by atoms with E-state index in [9.17, 15) is 4.79 Å². The molecule has 0 aliphatic heterocycles. The molecule has 10 heteroatoms. The van der Waals surface area contributed by atoms with E-state index in [-0.39, 0.29) is 11.7 Å². The lowest BCUT2D eigenvalue weighted by Crippen LogP contribution is -2.25. The van der Waals surface area contributed by atoms with Crippen molar-refractivity contribution in [1.29, 1.82) is 0 Å². The first-order valence-electron chi connectivity index (χ1n) is 7.74. The highest BCUT2D eigenvalue weighted by Crippen LogP contribution is 2.30. The molecule has 0 fully saturated rings. The fourth-order valence-electron chi connectivity index (χ4n) is 2.21. The number of nitrogens with one attached hydrogen (secondary N) is 1. The van der Waals surface area contributed by atoms with Crippen LogP contribution in [-0.2, 0) is 11.3 Å². The predicted molar refractivity (Wildman–Crippen MR) is 110 cm³/mol. The number of carbonyl (C=O) groups is 1. The summed E-state index contributed by atoms with van der Waals surface area (Å²) in [6.45, 7) is 0.414. The topological polar surface area (TPSA) is 85.8 Å². The van der Waals surface area contributed by atoms with Crippen molar-refractivity contribution in [3.05, 3.63) is 63.1 Å². The van der Waals surface area contributed by atoms with Gasteiger partial charge in [0.05, 0.1) is 10.8 Å². The summed E-state index contributed by atoms with van der Waals surface area (Å²) in [5.74, 6) is 6.43. The van der Waals surface area contributed by atoms with E-state index in [0.29, 0.717) is 38.2 Å². The smallest absolute Gasteiger partial charge is 0.230 e. The van der Waals surface area contributed by atoms with Crippen LogP contribution in [0.5, 0.6) is 0 Å². The summed E-state index contributed by atoms with van der Waals surface area (Å²) in [5.41, 5.74) is 1.56.